The van der Waals surface area contributed by atoms with Crippen LogP contribution in [0.25, 0.3) is 39.4 Å². The molecule has 0 saturated heterocycles. The highest BCUT2D eigenvalue weighted by Gasteiger charge is 2.16. The predicted octanol–water partition coefficient (Wildman–Crippen LogP) is 6.45. The van der Waals surface area contributed by atoms with E-state index in [9.17, 15) is 4.79 Å². The largest absolute Gasteiger partial charge is 0.495 e. The molecule has 42 heavy (non-hydrogen) atoms. The lowest BCUT2D eigenvalue weighted by atomic mass is 10.1. The first-order valence-electron chi connectivity index (χ1n) is 13.7. The third kappa shape index (κ3) is 5.66. The van der Waals surface area contributed by atoms with Crippen molar-refractivity contribution in [2.24, 2.45) is 0 Å². The van der Waals surface area contributed by atoms with E-state index in [1.54, 1.807) is 17.9 Å². The van der Waals surface area contributed by atoms with Crippen molar-refractivity contribution in [3.63, 3.8) is 0 Å². The molecule has 0 saturated carbocycles. The number of hydrogen-bond acceptors (Lipinski definition) is 7. The van der Waals surface area contributed by atoms with Crippen molar-refractivity contribution in [1.29, 1.82) is 0 Å². The third-order valence-corrected chi connectivity index (χ3v) is 8.04. The lowest BCUT2D eigenvalue weighted by molar-refractivity contribution is 0.306. The summed E-state index contributed by atoms with van der Waals surface area (Å²) in [4.78, 5) is 18.6. The van der Waals surface area contributed by atoms with Gasteiger partial charge in [-0.1, -0.05) is 60.9 Å². The van der Waals surface area contributed by atoms with E-state index in [0.29, 0.717) is 38.4 Å². The van der Waals surface area contributed by atoms with Crippen LogP contribution >= 0.6 is 22.9 Å². The van der Waals surface area contributed by atoms with Crippen LogP contribution in [-0.2, 0) is 0 Å². The topological polar surface area (TPSA) is 83.5 Å². The van der Waals surface area contributed by atoms with Gasteiger partial charge in [-0.15, -0.1) is 5.10 Å². The van der Waals surface area contributed by atoms with Gasteiger partial charge in [0, 0.05) is 22.9 Å². The van der Waals surface area contributed by atoms with Crippen molar-refractivity contribution < 1.29 is 9.47 Å². The lowest BCUT2D eigenvalue weighted by Crippen LogP contribution is -2.23. The van der Waals surface area contributed by atoms with Gasteiger partial charge >= 0.3 is 0 Å². The van der Waals surface area contributed by atoms with Gasteiger partial charge in [0.25, 0.3) is 5.56 Å². The van der Waals surface area contributed by atoms with Gasteiger partial charge in [-0.05, 0) is 67.1 Å². The molecule has 0 N–H and O–H groups in total. The lowest BCUT2D eigenvalue weighted by Gasteiger charge is -2.05. The Balaban J connectivity index is 1.35. The Kier molecular flexibility index (Phi) is 8.03. The molecule has 0 atom stereocenters. The highest BCUT2D eigenvalue weighted by molar-refractivity contribution is 7.15. The zero-order chi connectivity index (χ0) is 29.1. The quantitative estimate of drug-likeness (QED) is 0.169. The summed E-state index contributed by atoms with van der Waals surface area (Å²) in [5, 5.41) is 9.83. The number of hydrogen-bond donors (Lipinski definition) is 0. The first-order valence-corrected chi connectivity index (χ1v) is 14.9. The summed E-state index contributed by atoms with van der Waals surface area (Å²) in [5.74, 6) is 1.88. The maximum absolute atomic E-state index is 13.4. The summed E-state index contributed by atoms with van der Waals surface area (Å²) in [6.07, 6.45) is 7.06. The minimum Gasteiger partial charge on any atom is -0.495 e. The highest BCUT2D eigenvalue weighted by Crippen LogP contribution is 2.32. The summed E-state index contributed by atoms with van der Waals surface area (Å²) >= 11 is 7.73. The molecule has 0 fully saturated rings. The Morgan fingerprint density at radius 3 is 2.48 bits per heavy atom. The minimum atomic E-state index is -0.240. The van der Waals surface area contributed by atoms with Crippen molar-refractivity contribution >= 4 is 34.0 Å². The smallest absolute Gasteiger partial charge is 0.291 e. The number of nitrogens with zero attached hydrogens (tertiary/aromatic N) is 5. The van der Waals surface area contributed by atoms with Crippen molar-refractivity contribution in [2.75, 3.05) is 13.7 Å². The number of benzene rings is 3. The maximum atomic E-state index is 13.4. The standard InChI is InChI=1S/C32H28ClN5O3S/c1-3-4-8-17-41-25-14-11-21(12-15-25)30-34-32-38(36-30)31(39)28(42-32)19-23-20-37(24-9-6-5-7-10-24)35-29(23)22-13-16-27(40-2)26(33)18-22/h5-7,9-16,18-20H,3-4,8,17H2,1-2H3. The first-order chi connectivity index (χ1) is 20.5. The molecule has 6 aromatic rings. The number of para-hydroxylation sites is 1. The number of halogens is 1. The first kappa shape index (κ1) is 27.7. The second-order valence-electron chi connectivity index (χ2n) is 9.69. The van der Waals surface area contributed by atoms with Gasteiger partial charge in [-0.25, -0.2) is 4.68 Å². The Hall–Kier alpha value is -4.47. The zero-order valence-corrected chi connectivity index (χ0v) is 24.7. The molecule has 0 aliphatic rings. The molecule has 6 rings (SSSR count). The van der Waals surface area contributed by atoms with Gasteiger partial charge in [-0.3, -0.25) is 4.79 Å². The molecule has 0 aliphatic heterocycles. The third-order valence-electron chi connectivity index (χ3n) is 6.79. The number of unbranched alkanes of at least 4 members (excludes halogenated alkanes) is 2. The Morgan fingerprint density at radius 2 is 1.76 bits per heavy atom. The number of methoxy groups -OCH3 is 1. The fourth-order valence-electron chi connectivity index (χ4n) is 4.58. The van der Waals surface area contributed by atoms with Crippen LogP contribution in [-0.4, -0.2) is 38.1 Å². The molecule has 0 bridgehead atoms. The van der Waals surface area contributed by atoms with Gasteiger partial charge in [0.15, 0.2) is 5.82 Å². The molecule has 0 radical (unpaired) electrons. The van der Waals surface area contributed by atoms with Gasteiger partial charge in [0.05, 0.1) is 29.0 Å². The average Bonchev–Trinajstić information content (AvgIpc) is 3.71. The fraction of sp³-hybridized carbons (Fsp3) is 0.188. The normalized spacial score (nSPS) is 11.8. The summed E-state index contributed by atoms with van der Waals surface area (Å²) < 4.78 is 14.8. The van der Waals surface area contributed by atoms with Gasteiger partial charge in [0.1, 0.15) is 17.2 Å². The van der Waals surface area contributed by atoms with Gasteiger partial charge < -0.3 is 9.47 Å². The van der Waals surface area contributed by atoms with Crippen LogP contribution < -0.4 is 19.6 Å². The summed E-state index contributed by atoms with van der Waals surface area (Å²) in [6, 6.07) is 22.9. The molecule has 3 aromatic heterocycles. The Labute approximate surface area is 251 Å². The molecule has 3 heterocycles. The molecule has 10 heteroatoms. The molecule has 3 aromatic carbocycles. The molecule has 8 nitrogen and oxygen atoms in total. The second kappa shape index (κ2) is 12.2. The predicted molar refractivity (Wildman–Crippen MR) is 167 cm³/mol. The van der Waals surface area contributed by atoms with E-state index in [1.165, 1.54) is 15.9 Å². The molecule has 0 aliphatic carbocycles. The van der Waals surface area contributed by atoms with Crippen molar-refractivity contribution in [3.8, 4) is 39.8 Å². The number of rotatable bonds is 10. The SMILES string of the molecule is CCCCCOc1ccc(-c2nc3sc(=Cc4cn(-c5ccccc5)nc4-c4ccc(OC)c(Cl)c4)c(=O)n3n2)cc1. The summed E-state index contributed by atoms with van der Waals surface area (Å²) in [6.45, 7) is 2.86. The van der Waals surface area contributed by atoms with E-state index in [2.05, 4.69) is 17.0 Å². The number of ether oxygens (including phenoxy) is 2. The molecular formula is C32H28ClN5O3S. The van der Waals surface area contributed by atoms with E-state index in [1.807, 2.05) is 79.0 Å². The number of aromatic nitrogens is 5. The van der Waals surface area contributed by atoms with Crippen molar-refractivity contribution in [1.82, 2.24) is 24.4 Å². The Bertz CT molecular complexity index is 1950. The maximum Gasteiger partial charge on any atom is 0.291 e. The van der Waals surface area contributed by atoms with Gasteiger partial charge in [0.2, 0.25) is 4.96 Å². The monoisotopic (exact) mass is 597 g/mol. The van der Waals surface area contributed by atoms with Gasteiger partial charge in [-0.2, -0.15) is 14.6 Å². The summed E-state index contributed by atoms with van der Waals surface area (Å²) in [5.41, 5.74) is 3.71. The van der Waals surface area contributed by atoms with Crippen LogP contribution in [0.2, 0.25) is 5.02 Å². The average molecular weight is 598 g/mol. The summed E-state index contributed by atoms with van der Waals surface area (Å²) in [7, 11) is 1.58. The molecule has 0 amide bonds. The molecule has 212 valence electrons. The van der Waals surface area contributed by atoms with Crippen LogP contribution in [0.5, 0.6) is 11.5 Å². The Morgan fingerprint density at radius 1 is 0.976 bits per heavy atom. The van der Waals surface area contributed by atoms with Crippen molar-refractivity contribution in [2.45, 2.75) is 26.2 Å². The van der Waals surface area contributed by atoms with Crippen LogP contribution in [0.3, 0.4) is 0 Å². The molecular weight excluding hydrogens is 570 g/mol. The van der Waals surface area contributed by atoms with E-state index >= 15 is 0 Å². The fourth-order valence-corrected chi connectivity index (χ4v) is 5.74. The van der Waals surface area contributed by atoms with Crippen LogP contribution in [0.4, 0.5) is 0 Å². The van der Waals surface area contributed by atoms with Crippen molar-refractivity contribution in [3.05, 3.63) is 104 Å². The van der Waals surface area contributed by atoms with E-state index in [4.69, 9.17) is 26.2 Å². The van der Waals surface area contributed by atoms with E-state index < -0.39 is 0 Å². The van der Waals surface area contributed by atoms with Crippen LogP contribution in [0, 0.1) is 0 Å². The van der Waals surface area contributed by atoms with E-state index in [0.717, 1.165) is 47.4 Å². The highest BCUT2D eigenvalue weighted by atomic mass is 35.5. The molecule has 0 unspecified atom stereocenters. The van der Waals surface area contributed by atoms with Crippen LogP contribution in [0.1, 0.15) is 31.7 Å². The van der Waals surface area contributed by atoms with Crippen LogP contribution in [0.15, 0.2) is 83.8 Å². The van der Waals surface area contributed by atoms with E-state index in [-0.39, 0.29) is 5.56 Å². The number of fused-ring (bicyclic) bond motifs is 1. The number of thiazole rings is 1. The second-order valence-corrected chi connectivity index (χ2v) is 11.1. The zero-order valence-electron chi connectivity index (χ0n) is 23.2. The minimum absolute atomic E-state index is 0.240. The molecule has 0 spiro atoms.